The second-order valence-electron chi connectivity index (χ2n) is 4.89. The van der Waals surface area contributed by atoms with Gasteiger partial charge in [0.05, 0.1) is 16.4 Å². The van der Waals surface area contributed by atoms with Gasteiger partial charge in [-0.05, 0) is 24.1 Å². The van der Waals surface area contributed by atoms with E-state index in [0.717, 1.165) is 5.56 Å². The highest BCUT2D eigenvalue weighted by Gasteiger charge is 2.11. The third-order valence-corrected chi connectivity index (χ3v) is 4.14. The van der Waals surface area contributed by atoms with Crippen molar-refractivity contribution in [1.29, 1.82) is 0 Å². The quantitative estimate of drug-likeness (QED) is 0.642. The zero-order valence-electron chi connectivity index (χ0n) is 12.4. The number of nitro groups is 1. The van der Waals surface area contributed by atoms with E-state index in [4.69, 9.17) is 0 Å². The highest BCUT2D eigenvalue weighted by atomic mass is 32.2. The molecule has 0 radical (unpaired) electrons. The first-order chi connectivity index (χ1) is 11.0. The zero-order valence-corrected chi connectivity index (χ0v) is 13.2. The molecule has 0 aliphatic heterocycles. The summed E-state index contributed by atoms with van der Waals surface area (Å²) in [6.07, 6.45) is 0. The fraction of sp³-hybridized carbons (Fsp3) is 0.188. The number of non-ortho nitro benzene ring substituents is 1. The van der Waals surface area contributed by atoms with Crippen molar-refractivity contribution in [2.24, 2.45) is 0 Å². The number of anilines is 1. The number of carbonyl (C=O) groups is 1. The largest absolute Gasteiger partial charge is 0.325 e. The number of amides is 1. The molecule has 0 saturated heterocycles. The summed E-state index contributed by atoms with van der Waals surface area (Å²) in [5.74, 6) is -0.0605. The molecule has 2 rings (SSSR count). The van der Waals surface area contributed by atoms with Crippen LogP contribution in [0.15, 0.2) is 42.5 Å². The molecule has 0 spiro atoms. The molecule has 2 aromatic carbocycles. The first-order valence-corrected chi connectivity index (χ1v) is 7.99. The molecule has 0 heterocycles. The van der Waals surface area contributed by atoms with Crippen molar-refractivity contribution in [2.75, 3.05) is 11.1 Å². The summed E-state index contributed by atoms with van der Waals surface area (Å²) in [4.78, 5) is 22.2. The van der Waals surface area contributed by atoms with Gasteiger partial charge >= 0.3 is 0 Å². The van der Waals surface area contributed by atoms with Gasteiger partial charge in [-0.1, -0.05) is 24.3 Å². The van der Waals surface area contributed by atoms with Crippen LogP contribution in [0.3, 0.4) is 0 Å². The van der Waals surface area contributed by atoms with Crippen molar-refractivity contribution in [3.05, 3.63) is 69.5 Å². The minimum atomic E-state index is -0.512. The molecular formula is C16H15FN2O3S. The van der Waals surface area contributed by atoms with Crippen LogP contribution in [-0.4, -0.2) is 16.6 Å². The molecule has 1 N–H and O–H groups in total. The van der Waals surface area contributed by atoms with E-state index >= 15 is 0 Å². The summed E-state index contributed by atoms with van der Waals surface area (Å²) >= 11 is 1.28. The molecule has 7 heteroatoms. The molecule has 0 fully saturated rings. The molecule has 0 bridgehead atoms. The number of benzene rings is 2. The van der Waals surface area contributed by atoms with Gasteiger partial charge in [-0.25, -0.2) is 4.39 Å². The van der Waals surface area contributed by atoms with Gasteiger partial charge in [0, 0.05) is 17.9 Å². The Labute approximate surface area is 137 Å². The smallest absolute Gasteiger partial charge is 0.271 e. The van der Waals surface area contributed by atoms with Crippen LogP contribution < -0.4 is 5.32 Å². The molecule has 1 amide bonds. The van der Waals surface area contributed by atoms with Crippen LogP contribution in [-0.2, 0) is 10.5 Å². The van der Waals surface area contributed by atoms with Crippen molar-refractivity contribution < 1.29 is 14.1 Å². The third kappa shape index (κ3) is 4.79. The van der Waals surface area contributed by atoms with E-state index in [1.54, 1.807) is 31.2 Å². The normalized spacial score (nSPS) is 10.3. The van der Waals surface area contributed by atoms with E-state index in [-0.39, 0.29) is 23.2 Å². The fourth-order valence-corrected chi connectivity index (χ4v) is 2.73. The Kier molecular flexibility index (Phi) is 5.70. The Morgan fingerprint density at radius 3 is 2.74 bits per heavy atom. The van der Waals surface area contributed by atoms with Crippen LogP contribution in [0.5, 0.6) is 0 Å². The Morgan fingerprint density at radius 2 is 2.04 bits per heavy atom. The first-order valence-electron chi connectivity index (χ1n) is 6.83. The summed E-state index contributed by atoms with van der Waals surface area (Å²) in [5.41, 5.74) is 1.61. The zero-order chi connectivity index (χ0) is 16.8. The molecule has 120 valence electrons. The lowest BCUT2D eigenvalue weighted by atomic mass is 10.2. The molecule has 0 aliphatic carbocycles. The van der Waals surface area contributed by atoms with Gasteiger partial charge < -0.3 is 5.32 Å². The van der Waals surface area contributed by atoms with Gasteiger partial charge in [-0.3, -0.25) is 14.9 Å². The standard InChI is InChI=1S/C16H15FN2O3S/c1-11-6-7-13(19(21)22)8-15(11)18-16(20)10-23-9-12-4-2-3-5-14(12)17/h2-8H,9-10H2,1H3,(H,18,20). The van der Waals surface area contributed by atoms with Crippen LogP contribution in [0.2, 0.25) is 0 Å². The van der Waals surface area contributed by atoms with Gasteiger partial charge in [-0.15, -0.1) is 11.8 Å². The molecule has 0 atom stereocenters. The van der Waals surface area contributed by atoms with E-state index in [1.165, 1.54) is 30.0 Å². The highest BCUT2D eigenvalue weighted by molar-refractivity contribution is 7.99. The Bertz CT molecular complexity index is 737. The minimum Gasteiger partial charge on any atom is -0.325 e. The lowest BCUT2D eigenvalue weighted by molar-refractivity contribution is -0.384. The second-order valence-corrected chi connectivity index (χ2v) is 5.87. The van der Waals surface area contributed by atoms with Crippen molar-refractivity contribution >= 4 is 29.0 Å². The number of halogens is 1. The number of nitrogens with one attached hydrogen (secondary N) is 1. The van der Waals surface area contributed by atoms with Crippen molar-refractivity contribution in [1.82, 2.24) is 0 Å². The number of rotatable bonds is 6. The molecular weight excluding hydrogens is 319 g/mol. The molecule has 2 aromatic rings. The fourth-order valence-electron chi connectivity index (χ4n) is 1.91. The van der Waals surface area contributed by atoms with Crippen LogP contribution in [0.4, 0.5) is 15.8 Å². The first kappa shape index (κ1) is 17.0. The number of nitro benzene ring substituents is 1. The van der Waals surface area contributed by atoms with Crippen molar-refractivity contribution in [3.63, 3.8) is 0 Å². The van der Waals surface area contributed by atoms with Gasteiger partial charge in [0.2, 0.25) is 5.91 Å². The average molecular weight is 334 g/mol. The van der Waals surface area contributed by atoms with E-state index in [0.29, 0.717) is 17.0 Å². The maximum Gasteiger partial charge on any atom is 0.271 e. The van der Waals surface area contributed by atoms with Gasteiger partial charge in [-0.2, -0.15) is 0 Å². The number of nitrogens with zero attached hydrogens (tertiary/aromatic N) is 1. The summed E-state index contributed by atoms with van der Waals surface area (Å²) in [5, 5.41) is 13.4. The highest BCUT2D eigenvalue weighted by Crippen LogP contribution is 2.22. The second kappa shape index (κ2) is 7.73. The van der Waals surface area contributed by atoms with Crippen molar-refractivity contribution in [3.8, 4) is 0 Å². The number of hydrogen-bond donors (Lipinski definition) is 1. The monoisotopic (exact) mass is 334 g/mol. The number of aryl methyl sites for hydroxylation is 1. The topological polar surface area (TPSA) is 72.2 Å². The van der Waals surface area contributed by atoms with Crippen LogP contribution in [0.1, 0.15) is 11.1 Å². The Morgan fingerprint density at radius 1 is 1.30 bits per heavy atom. The molecule has 0 aromatic heterocycles. The molecule has 0 aliphatic rings. The van der Waals surface area contributed by atoms with Gasteiger partial charge in [0.25, 0.3) is 5.69 Å². The lowest BCUT2D eigenvalue weighted by Gasteiger charge is -2.08. The molecule has 5 nitrogen and oxygen atoms in total. The number of hydrogen-bond acceptors (Lipinski definition) is 4. The number of carbonyl (C=O) groups excluding carboxylic acids is 1. The molecule has 0 saturated carbocycles. The maximum absolute atomic E-state index is 13.5. The van der Waals surface area contributed by atoms with Gasteiger partial charge in [0.1, 0.15) is 5.82 Å². The van der Waals surface area contributed by atoms with E-state index in [1.807, 2.05) is 0 Å². The van der Waals surface area contributed by atoms with E-state index < -0.39 is 4.92 Å². The Balaban J connectivity index is 1.91. The predicted octanol–water partition coefficient (Wildman–Crippen LogP) is 3.91. The molecule has 23 heavy (non-hydrogen) atoms. The molecule has 0 unspecified atom stereocenters. The Hall–Kier alpha value is -2.41. The summed E-state index contributed by atoms with van der Waals surface area (Å²) in [7, 11) is 0. The van der Waals surface area contributed by atoms with Crippen LogP contribution in [0.25, 0.3) is 0 Å². The summed E-state index contributed by atoms with van der Waals surface area (Å²) in [6, 6.07) is 10.7. The SMILES string of the molecule is Cc1ccc([N+](=O)[O-])cc1NC(=O)CSCc1ccccc1F. The van der Waals surface area contributed by atoms with E-state index in [9.17, 15) is 19.3 Å². The third-order valence-electron chi connectivity index (χ3n) is 3.15. The number of thioether (sulfide) groups is 1. The average Bonchev–Trinajstić information content (AvgIpc) is 2.51. The van der Waals surface area contributed by atoms with Gasteiger partial charge in [0.15, 0.2) is 0 Å². The van der Waals surface area contributed by atoms with Crippen molar-refractivity contribution in [2.45, 2.75) is 12.7 Å². The van der Waals surface area contributed by atoms with Crippen LogP contribution in [0, 0.1) is 22.9 Å². The summed E-state index contributed by atoms with van der Waals surface area (Å²) < 4.78 is 13.5. The predicted molar refractivity (Wildman–Crippen MR) is 89.0 cm³/mol. The summed E-state index contributed by atoms with van der Waals surface area (Å²) in [6.45, 7) is 1.76. The minimum absolute atomic E-state index is 0.0788. The van der Waals surface area contributed by atoms with Crippen LogP contribution >= 0.6 is 11.8 Å². The maximum atomic E-state index is 13.5. The van der Waals surface area contributed by atoms with E-state index in [2.05, 4.69) is 5.32 Å². The lowest BCUT2D eigenvalue weighted by Crippen LogP contribution is -2.15.